The molecule has 1 unspecified atom stereocenters. The smallest absolute Gasteiger partial charge is 0.391 e. The first-order valence-electron chi connectivity index (χ1n) is 3.29. The number of hydrogen-bond acceptors (Lipinski definition) is 4. The zero-order chi connectivity index (χ0) is 10.5. The van der Waals surface area contributed by atoms with Crippen LogP contribution < -0.4 is 4.72 Å². The molecular weight excluding hydrogens is 196 g/mol. The van der Waals surface area contributed by atoms with E-state index < -0.39 is 22.0 Å². The van der Waals surface area contributed by atoms with Gasteiger partial charge in [0, 0.05) is 0 Å². The molecule has 1 N–H and O–H groups in total. The molecule has 0 saturated carbocycles. The van der Waals surface area contributed by atoms with Crippen LogP contribution >= 0.6 is 0 Å². The molecule has 0 bridgehead atoms. The Bertz CT molecular complexity index is 316. The Kier molecular flexibility index (Phi) is 4.37. The van der Waals surface area contributed by atoms with Crippen molar-refractivity contribution in [2.75, 3.05) is 19.9 Å². The van der Waals surface area contributed by atoms with Crippen molar-refractivity contribution in [3.05, 3.63) is 11.4 Å². The molecule has 0 rings (SSSR count). The van der Waals surface area contributed by atoms with Gasteiger partial charge in [0.1, 0.15) is 0 Å². The zero-order valence-electron chi connectivity index (χ0n) is 7.27. The third-order valence-corrected chi connectivity index (χ3v) is 1.86. The molecule has 7 heteroatoms. The van der Waals surface area contributed by atoms with Crippen molar-refractivity contribution in [1.82, 2.24) is 4.72 Å². The molecule has 0 amide bonds. The van der Waals surface area contributed by atoms with Crippen molar-refractivity contribution < 1.29 is 17.9 Å². The summed E-state index contributed by atoms with van der Waals surface area (Å²) in [5.41, 5.74) is 0. The maximum atomic E-state index is 10.8. The molecule has 0 fully saturated rings. The van der Waals surface area contributed by atoms with E-state index in [2.05, 4.69) is 9.58 Å². The number of esters is 1. The molecule has 0 heterocycles. The lowest BCUT2D eigenvalue weighted by atomic mass is 10.3. The average Bonchev–Trinajstić information content (AvgIpc) is 2.03. The largest absolute Gasteiger partial charge is 0.463 e. The van der Waals surface area contributed by atoms with Crippen LogP contribution in [0.5, 0.6) is 0 Å². The number of ether oxygens (including phenoxy) is 1. The summed E-state index contributed by atoms with van der Waals surface area (Å²) in [4.78, 5) is 13.7. The summed E-state index contributed by atoms with van der Waals surface area (Å²) in [6.45, 7) is 6.34. The summed E-state index contributed by atoms with van der Waals surface area (Å²) < 4.78 is 27.5. The third-order valence-electron chi connectivity index (χ3n) is 1.17. The number of hydrogen-bond donors (Lipinski definition) is 1. The van der Waals surface area contributed by atoms with Gasteiger partial charge < -0.3 is 4.74 Å². The van der Waals surface area contributed by atoms with Crippen LogP contribution in [0.2, 0.25) is 0 Å². The first kappa shape index (κ1) is 11.9. The van der Waals surface area contributed by atoms with Crippen molar-refractivity contribution in [2.24, 2.45) is 0 Å². The predicted octanol–water partition coefficient (Wildman–Crippen LogP) is -1.00. The van der Waals surface area contributed by atoms with E-state index >= 15 is 0 Å². The van der Waals surface area contributed by atoms with E-state index in [1.165, 1.54) is 0 Å². The highest BCUT2D eigenvalue weighted by Gasteiger charge is 2.25. The molecule has 0 radical (unpaired) electrons. The van der Waals surface area contributed by atoms with E-state index in [4.69, 9.17) is 6.57 Å². The fourth-order valence-corrected chi connectivity index (χ4v) is 1.01. The number of carbonyl (C=O) groups is 1. The second-order valence-corrected chi connectivity index (χ2v) is 4.12. The highest BCUT2D eigenvalue weighted by atomic mass is 32.2. The lowest BCUT2D eigenvalue weighted by Crippen LogP contribution is -2.34. The standard InChI is InChI=1S/C6H10N2O4S/c1-7-5(6(9)12-2)4-8-13(3,10)11/h5,8H,4H2,2-3H3. The van der Waals surface area contributed by atoms with E-state index in [1.54, 1.807) is 0 Å². The predicted molar refractivity (Wildman–Crippen MR) is 45.3 cm³/mol. The van der Waals surface area contributed by atoms with Crippen LogP contribution in [0.4, 0.5) is 0 Å². The van der Waals surface area contributed by atoms with Crippen molar-refractivity contribution >= 4 is 16.0 Å². The topological polar surface area (TPSA) is 76.8 Å². The normalized spacial score (nSPS) is 13.0. The first-order chi connectivity index (χ1) is 5.90. The quantitative estimate of drug-likeness (QED) is 0.472. The van der Waals surface area contributed by atoms with E-state index in [0.29, 0.717) is 0 Å². The number of nitrogens with zero attached hydrogens (tertiary/aromatic N) is 1. The lowest BCUT2D eigenvalue weighted by Gasteiger charge is -2.03. The second kappa shape index (κ2) is 4.79. The van der Waals surface area contributed by atoms with Gasteiger partial charge in [0.15, 0.2) is 0 Å². The molecule has 0 aromatic carbocycles. The summed E-state index contributed by atoms with van der Waals surface area (Å²) in [6, 6.07) is -1.11. The molecule has 0 aliphatic heterocycles. The molecule has 0 spiro atoms. The molecule has 1 atom stereocenters. The van der Waals surface area contributed by atoms with E-state index in [1.807, 2.05) is 4.72 Å². The van der Waals surface area contributed by atoms with Gasteiger partial charge in [0.05, 0.1) is 19.9 Å². The second-order valence-electron chi connectivity index (χ2n) is 2.29. The maximum Gasteiger partial charge on any atom is 0.391 e. The van der Waals surface area contributed by atoms with Crippen LogP contribution in [0.3, 0.4) is 0 Å². The Morgan fingerprint density at radius 1 is 1.69 bits per heavy atom. The summed E-state index contributed by atoms with van der Waals surface area (Å²) in [6.07, 6.45) is 0.950. The lowest BCUT2D eigenvalue weighted by molar-refractivity contribution is -0.140. The van der Waals surface area contributed by atoms with Crippen molar-refractivity contribution in [3.8, 4) is 0 Å². The molecule has 0 aliphatic carbocycles. The van der Waals surface area contributed by atoms with Crippen molar-refractivity contribution in [2.45, 2.75) is 6.04 Å². The van der Waals surface area contributed by atoms with Crippen LogP contribution in [0.25, 0.3) is 4.85 Å². The summed E-state index contributed by atoms with van der Waals surface area (Å²) in [7, 11) is -2.23. The molecule has 0 aromatic heterocycles. The van der Waals surface area contributed by atoms with E-state index in [9.17, 15) is 13.2 Å². The minimum Gasteiger partial charge on any atom is -0.463 e. The van der Waals surface area contributed by atoms with Crippen LogP contribution in [-0.2, 0) is 19.6 Å². The van der Waals surface area contributed by atoms with Gasteiger partial charge in [-0.25, -0.2) is 24.5 Å². The van der Waals surface area contributed by atoms with Crippen molar-refractivity contribution in [1.29, 1.82) is 0 Å². The highest BCUT2D eigenvalue weighted by Crippen LogP contribution is 1.93. The van der Waals surface area contributed by atoms with Crippen LogP contribution in [0, 0.1) is 6.57 Å². The number of nitrogens with one attached hydrogen (secondary N) is 1. The minimum absolute atomic E-state index is 0.255. The third kappa shape index (κ3) is 5.16. The van der Waals surface area contributed by atoms with Crippen LogP contribution in [0.15, 0.2) is 0 Å². The molecule has 0 saturated heterocycles. The number of sulfonamides is 1. The van der Waals surface area contributed by atoms with E-state index in [0.717, 1.165) is 13.4 Å². The fraction of sp³-hybridized carbons (Fsp3) is 0.667. The van der Waals surface area contributed by atoms with E-state index in [-0.39, 0.29) is 6.54 Å². The van der Waals surface area contributed by atoms with Gasteiger partial charge in [0.2, 0.25) is 10.0 Å². The average molecular weight is 206 g/mol. The number of methoxy groups -OCH3 is 1. The van der Waals surface area contributed by atoms with Gasteiger partial charge in [-0.2, -0.15) is 0 Å². The molecule has 13 heavy (non-hydrogen) atoms. The first-order valence-corrected chi connectivity index (χ1v) is 5.19. The zero-order valence-corrected chi connectivity index (χ0v) is 8.09. The highest BCUT2D eigenvalue weighted by molar-refractivity contribution is 7.88. The Balaban J connectivity index is 4.18. The van der Waals surface area contributed by atoms with Gasteiger partial charge in [-0.3, -0.25) is 4.85 Å². The Labute approximate surface area is 76.8 Å². The SMILES string of the molecule is [C-]#[N+]C(CNS(C)(=O)=O)C(=O)OC. The molecule has 0 aromatic rings. The van der Waals surface area contributed by atoms with Crippen LogP contribution in [-0.4, -0.2) is 40.3 Å². The van der Waals surface area contributed by atoms with Crippen LogP contribution in [0.1, 0.15) is 0 Å². The fourth-order valence-electron chi connectivity index (χ4n) is 0.548. The van der Waals surface area contributed by atoms with Gasteiger partial charge in [0.25, 0.3) is 0 Å². The van der Waals surface area contributed by atoms with Gasteiger partial charge in [-0.1, -0.05) is 0 Å². The molecule has 74 valence electrons. The summed E-state index contributed by atoms with van der Waals surface area (Å²) >= 11 is 0. The minimum atomic E-state index is -3.37. The molecule has 0 aliphatic rings. The Morgan fingerprint density at radius 3 is 2.54 bits per heavy atom. The van der Waals surface area contributed by atoms with Gasteiger partial charge >= 0.3 is 12.0 Å². The Morgan fingerprint density at radius 2 is 2.23 bits per heavy atom. The molecule has 6 nitrogen and oxygen atoms in total. The number of carbonyl (C=O) groups excluding carboxylic acids is 1. The number of rotatable bonds is 4. The molecular formula is C6H10N2O4S. The Hall–Kier alpha value is -1.13. The van der Waals surface area contributed by atoms with Gasteiger partial charge in [-0.15, -0.1) is 0 Å². The summed E-state index contributed by atoms with van der Waals surface area (Å²) in [5.74, 6) is -0.744. The monoisotopic (exact) mass is 206 g/mol. The summed E-state index contributed by atoms with van der Waals surface area (Å²) in [5, 5.41) is 0. The van der Waals surface area contributed by atoms with Crippen molar-refractivity contribution in [3.63, 3.8) is 0 Å². The van der Waals surface area contributed by atoms with Gasteiger partial charge in [-0.05, 0) is 0 Å². The maximum absolute atomic E-state index is 10.8.